The Bertz CT molecular complexity index is 473. The third kappa shape index (κ3) is 2.19. The first-order valence-corrected chi connectivity index (χ1v) is 7.04. The SMILES string of the molecule is Cn1c(C2CCC2)nnc1N1CCC(C(=O)O)CC1. The molecule has 1 saturated carbocycles. The van der Waals surface area contributed by atoms with Crippen molar-refractivity contribution < 1.29 is 9.90 Å². The van der Waals surface area contributed by atoms with Gasteiger partial charge in [-0.3, -0.25) is 4.79 Å². The van der Waals surface area contributed by atoms with Crippen LogP contribution in [-0.2, 0) is 11.8 Å². The quantitative estimate of drug-likeness (QED) is 0.893. The Hall–Kier alpha value is -1.59. The van der Waals surface area contributed by atoms with Gasteiger partial charge in [-0.2, -0.15) is 0 Å². The molecule has 0 atom stereocenters. The molecule has 1 saturated heterocycles. The van der Waals surface area contributed by atoms with Crippen molar-refractivity contribution in [2.45, 2.75) is 38.0 Å². The van der Waals surface area contributed by atoms with E-state index in [9.17, 15) is 4.79 Å². The number of carbonyl (C=O) groups is 1. The molecule has 2 fully saturated rings. The van der Waals surface area contributed by atoms with Gasteiger partial charge in [-0.15, -0.1) is 10.2 Å². The van der Waals surface area contributed by atoms with Gasteiger partial charge in [0, 0.05) is 26.1 Å². The van der Waals surface area contributed by atoms with Gasteiger partial charge in [0.1, 0.15) is 5.82 Å². The predicted octanol–water partition coefficient (Wildman–Crippen LogP) is 1.38. The molecule has 1 aromatic heterocycles. The minimum atomic E-state index is -0.673. The molecule has 0 amide bonds. The minimum Gasteiger partial charge on any atom is -0.481 e. The number of piperidine rings is 1. The number of rotatable bonds is 3. The Kier molecular flexibility index (Phi) is 3.16. The molecule has 0 aromatic carbocycles. The summed E-state index contributed by atoms with van der Waals surface area (Å²) in [5.74, 6) is 1.68. The highest BCUT2D eigenvalue weighted by Gasteiger charge is 2.29. The predicted molar refractivity (Wildman–Crippen MR) is 70.2 cm³/mol. The van der Waals surface area contributed by atoms with Crippen molar-refractivity contribution in [1.82, 2.24) is 14.8 Å². The van der Waals surface area contributed by atoms with Gasteiger partial charge in [0.25, 0.3) is 0 Å². The third-order valence-corrected chi connectivity index (χ3v) is 4.48. The number of hydrogen-bond acceptors (Lipinski definition) is 4. The topological polar surface area (TPSA) is 71.2 Å². The van der Waals surface area contributed by atoms with E-state index in [-0.39, 0.29) is 5.92 Å². The van der Waals surface area contributed by atoms with Crippen molar-refractivity contribution in [3.63, 3.8) is 0 Å². The van der Waals surface area contributed by atoms with Gasteiger partial charge in [-0.25, -0.2) is 0 Å². The molecular weight excluding hydrogens is 244 g/mol. The zero-order valence-electron chi connectivity index (χ0n) is 11.2. The highest BCUT2D eigenvalue weighted by Crippen LogP contribution is 2.36. The smallest absolute Gasteiger partial charge is 0.306 e. The fourth-order valence-corrected chi connectivity index (χ4v) is 2.96. The Morgan fingerprint density at radius 3 is 2.42 bits per heavy atom. The summed E-state index contributed by atoms with van der Waals surface area (Å²) in [6, 6.07) is 0. The van der Waals surface area contributed by atoms with Crippen LogP contribution in [0.4, 0.5) is 5.95 Å². The standard InChI is InChI=1S/C13H20N4O2/c1-16-11(9-3-2-4-9)14-15-13(16)17-7-5-10(6-8-17)12(18)19/h9-10H,2-8H2,1H3,(H,18,19). The summed E-state index contributed by atoms with van der Waals surface area (Å²) in [4.78, 5) is 13.1. The van der Waals surface area contributed by atoms with Gasteiger partial charge >= 0.3 is 5.97 Å². The second kappa shape index (κ2) is 4.83. The Balaban J connectivity index is 1.70. The molecule has 0 bridgehead atoms. The molecule has 6 nitrogen and oxygen atoms in total. The van der Waals surface area contributed by atoms with Crippen LogP contribution in [0.3, 0.4) is 0 Å². The maximum atomic E-state index is 11.0. The van der Waals surface area contributed by atoms with E-state index >= 15 is 0 Å². The molecule has 6 heteroatoms. The van der Waals surface area contributed by atoms with E-state index in [0.717, 1.165) is 24.9 Å². The molecule has 3 rings (SSSR count). The van der Waals surface area contributed by atoms with Gasteiger partial charge < -0.3 is 14.6 Å². The second-order valence-electron chi connectivity index (χ2n) is 5.64. The molecule has 0 radical (unpaired) electrons. The monoisotopic (exact) mass is 264 g/mol. The number of hydrogen-bond donors (Lipinski definition) is 1. The molecule has 2 heterocycles. The lowest BCUT2D eigenvalue weighted by atomic mass is 9.85. The van der Waals surface area contributed by atoms with Gasteiger partial charge in [0.2, 0.25) is 5.95 Å². The van der Waals surface area contributed by atoms with Crippen molar-refractivity contribution in [3.8, 4) is 0 Å². The lowest BCUT2D eigenvalue weighted by Crippen LogP contribution is -2.37. The lowest BCUT2D eigenvalue weighted by Gasteiger charge is -2.31. The summed E-state index contributed by atoms with van der Waals surface area (Å²) >= 11 is 0. The maximum Gasteiger partial charge on any atom is 0.306 e. The first-order valence-electron chi connectivity index (χ1n) is 7.04. The van der Waals surface area contributed by atoms with Crippen LogP contribution in [0.2, 0.25) is 0 Å². The van der Waals surface area contributed by atoms with Crippen LogP contribution in [0.5, 0.6) is 0 Å². The van der Waals surface area contributed by atoms with Crippen LogP contribution in [0.1, 0.15) is 43.8 Å². The van der Waals surface area contributed by atoms with E-state index in [0.29, 0.717) is 18.8 Å². The van der Waals surface area contributed by atoms with Crippen LogP contribution >= 0.6 is 0 Å². The molecule has 1 aliphatic heterocycles. The highest BCUT2D eigenvalue weighted by atomic mass is 16.4. The summed E-state index contributed by atoms with van der Waals surface area (Å²) in [5.41, 5.74) is 0. The Labute approximate surface area is 112 Å². The van der Waals surface area contributed by atoms with Crippen molar-refractivity contribution in [1.29, 1.82) is 0 Å². The van der Waals surface area contributed by atoms with Gasteiger partial charge in [-0.05, 0) is 25.7 Å². The molecule has 104 valence electrons. The average Bonchev–Trinajstić information content (AvgIpc) is 2.70. The first kappa shape index (κ1) is 12.4. The van der Waals surface area contributed by atoms with Gasteiger partial charge in [0.05, 0.1) is 5.92 Å². The van der Waals surface area contributed by atoms with Crippen LogP contribution in [0.15, 0.2) is 0 Å². The summed E-state index contributed by atoms with van der Waals surface area (Å²) in [6.45, 7) is 1.52. The van der Waals surface area contributed by atoms with Crippen LogP contribution < -0.4 is 4.90 Å². The molecule has 1 aromatic rings. The number of nitrogens with zero attached hydrogens (tertiary/aromatic N) is 4. The third-order valence-electron chi connectivity index (χ3n) is 4.48. The number of carboxylic acid groups (broad SMARTS) is 1. The van der Waals surface area contributed by atoms with Crippen LogP contribution in [0, 0.1) is 5.92 Å². The zero-order valence-corrected chi connectivity index (χ0v) is 11.2. The average molecular weight is 264 g/mol. The fraction of sp³-hybridized carbons (Fsp3) is 0.769. The van der Waals surface area contributed by atoms with E-state index in [2.05, 4.69) is 19.7 Å². The number of aromatic nitrogens is 3. The largest absolute Gasteiger partial charge is 0.481 e. The van der Waals surface area contributed by atoms with E-state index in [1.165, 1.54) is 19.3 Å². The normalized spacial score (nSPS) is 21.4. The van der Waals surface area contributed by atoms with Crippen LogP contribution in [0.25, 0.3) is 0 Å². The zero-order chi connectivity index (χ0) is 13.4. The highest BCUT2D eigenvalue weighted by molar-refractivity contribution is 5.70. The summed E-state index contributed by atoms with van der Waals surface area (Å²) < 4.78 is 2.09. The van der Waals surface area contributed by atoms with E-state index in [1.54, 1.807) is 0 Å². The molecule has 2 aliphatic rings. The van der Waals surface area contributed by atoms with E-state index < -0.39 is 5.97 Å². The lowest BCUT2D eigenvalue weighted by molar-refractivity contribution is -0.142. The molecule has 0 spiro atoms. The van der Waals surface area contributed by atoms with Crippen LogP contribution in [-0.4, -0.2) is 38.9 Å². The number of carboxylic acids is 1. The molecule has 19 heavy (non-hydrogen) atoms. The molecule has 0 unspecified atom stereocenters. The second-order valence-corrected chi connectivity index (χ2v) is 5.64. The summed E-state index contributed by atoms with van der Waals surface area (Å²) in [7, 11) is 2.02. The first-order chi connectivity index (χ1) is 9.16. The van der Waals surface area contributed by atoms with Crippen molar-refractivity contribution in [3.05, 3.63) is 5.82 Å². The Morgan fingerprint density at radius 2 is 1.89 bits per heavy atom. The maximum absolute atomic E-state index is 11.0. The number of aliphatic carboxylic acids is 1. The van der Waals surface area contributed by atoms with Gasteiger partial charge in [-0.1, -0.05) is 6.42 Å². The fourth-order valence-electron chi connectivity index (χ4n) is 2.96. The molecule has 1 N–H and O–H groups in total. The van der Waals surface area contributed by atoms with E-state index in [1.807, 2.05) is 7.05 Å². The van der Waals surface area contributed by atoms with Crippen molar-refractivity contribution in [2.24, 2.45) is 13.0 Å². The summed E-state index contributed by atoms with van der Waals surface area (Å²) in [5, 5.41) is 17.6. The summed E-state index contributed by atoms with van der Waals surface area (Å²) in [6.07, 6.45) is 5.11. The minimum absolute atomic E-state index is 0.199. The van der Waals surface area contributed by atoms with Crippen molar-refractivity contribution >= 4 is 11.9 Å². The number of anilines is 1. The van der Waals surface area contributed by atoms with Crippen molar-refractivity contribution in [2.75, 3.05) is 18.0 Å². The van der Waals surface area contributed by atoms with Gasteiger partial charge in [0.15, 0.2) is 0 Å². The molecule has 1 aliphatic carbocycles. The van der Waals surface area contributed by atoms with E-state index in [4.69, 9.17) is 5.11 Å². The Morgan fingerprint density at radius 1 is 1.21 bits per heavy atom. The molecular formula is C13H20N4O2.